The molecule has 12 heteroatoms. The number of rotatable bonds is 8. The summed E-state index contributed by atoms with van der Waals surface area (Å²) in [4.78, 5) is 47.2. The van der Waals surface area contributed by atoms with E-state index in [-0.39, 0.29) is 6.61 Å². The van der Waals surface area contributed by atoms with Crippen LogP contribution in [-0.2, 0) is 22.4 Å². The highest BCUT2D eigenvalue weighted by atomic mass is 16.4. The molecule has 0 bridgehead atoms. The fourth-order valence-electron chi connectivity index (χ4n) is 3.51. The Hall–Kier alpha value is -4.78. The molecule has 0 radical (unpaired) electrons. The van der Waals surface area contributed by atoms with Gasteiger partial charge in [-0.3, -0.25) is 14.4 Å². The smallest absolute Gasteiger partial charge is 0.328 e. The summed E-state index contributed by atoms with van der Waals surface area (Å²) < 4.78 is 0. The number of carboxylic acid groups (broad SMARTS) is 1. The van der Waals surface area contributed by atoms with Crippen molar-refractivity contribution in [1.29, 1.82) is 0 Å². The van der Waals surface area contributed by atoms with Gasteiger partial charge in [0.05, 0.1) is 0 Å². The highest BCUT2D eigenvalue weighted by Gasteiger charge is 2.07. The van der Waals surface area contributed by atoms with Crippen molar-refractivity contribution in [3.63, 3.8) is 0 Å². The van der Waals surface area contributed by atoms with E-state index in [4.69, 9.17) is 33.1 Å². The molecule has 12 nitrogen and oxygen atoms in total. The maximum atomic E-state index is 11.0. The number of aliphatic carboxylic acids is 1. The maximum Gasteiger partial charge on any atom is 0.328 e. The Morgan fingerprint density at radius 3 is 1.50 bits per heavy atom. The van der Waals surface area contributed by atoms with Crippen molar-refractivity contribution in [3.8, 4) is 0 Å². The number of aromatic amines is 2. The Morgan fingerprint density at radius 1 is 0.825 bits per heavy atom. The lowest BCUT2D eigenvalue weighted by Crippen LogP contribution is -2.10. The van der Waals surface area contributed by atoms with Crippen LogP contribution in [0.4, 0.5) is 0 Å². The molecule has 2 aromatic heterocycles. The number of carbonyl (C=O) groups excluding carboxylic acids is 3. The third-order valence-electron chi connectivity index (χ3n) is 5.25. The molecule has 0 saturated heterocycles. The molecule has 2 amide bonds. The van der Waals surface area contributed by atoms with Crippen LogP contribution in [0.25, 0.3) is 21.8 Å². The van der Waals surface area contributed by atoms with Crippen LogP contribution in [0.5, 0.6) is 0 Å². The highest BCUT2D eigenvalue weighted by molar-refractivity contribution is 5.98. The molecule has 0 atom stereocenters. The molecule has 4 aromatic rings. The number of allylic oxidation sites excluding steroid dienone is 1. The van der Waals surface area contributed by atoms with Crippen molar-refractivity contribution in [3.05, 3.63) is 83.2 Å². The predicted molar refractivity (Wildman–Crippen MR) is 155 cm³/mol. The van der Waals surface area contributed by atoms with Crippen LogP contribution in [0.1, 0.15) is 38.8 Å². The summed E-state index contributed by atoms with van der Waals surface area (Å²) in [5.74, 6) is -1.92. The molecule has 0 aliphatic carbocycles. The van der Waals surface area contributed by atoms with Gasteiger partial charge in [0.1, 0.15) is 6.29 Å². The van der Waals surface area contributed by atoms with E-state index in [0.29, 0.717) is 30.5 Å². The third kappa shape index (κ3) is 10.5. The summed E-state index contributed by atoms with van der Waals surface area (Å²) in [6.07, 6.45) is 7.53. The van der Waals surface area contributed by atoms with Crippen LogP contribution in [0.2, 0.25) is 0 Å². The molecule has 0 spiro atoms. The van der Waals surface area contributed by atoms with Crippen LogP contribution in [0, 0.1) is 0 Å². The fourth-order valence-corrected chi connectivity index (χ4v) is 3.51. The zero-order chi connectivity index (χ0) is 30.1. The largest absolute Gasteiger partial charge is 0.478 e. The van der Waals surface area contributed by atoms with Gasteiger partial charge in [-0.2, -0.15) is 0 Å². The maximum absolute atomic E-state index is 11.0. The molecule has 0 fully saturated rings. The monoisotopic (exact) mass is 552 g/mol. The first-order valence-electron chi connectivity index (χ1n) is 12.3. The van der Waals surface area contributed by atoms with Gasteiger partial charge in [0.15, 0.2) is 0 Å². The number of aliphatic hydroxyl groups excluding tert-OH is 1. The van der Waals surface area contributed by atoms with E-state index in [1.54, 1.807) is 31.2 Å². The Morgan fingerprint density at radius 2 is 1.23 bits per heavy atom. The Kier molecular flexibility index (Phi) is 14.7. The van der Waals surface area contributed by atoms with Gasteiger partial charge in [0.25, 0.3) is 0 Å². The van der Waals surface area contributed by atoms with Crippen LogP contribution >= 0.6 is 0 Å². The van der Waals surface area contributed by atoms with Crippen molar-refractivity contribution in [2.24, 2.45) is 22.9 Å². The van der Waals surface area contributed by atoms with Crippen LogP contribution < -0.4 is 22.9 Å². The van der Waals surface area contributed by atoms with Gasteiger partial charge in [0, 0.05) is 58.0 Å². The first-order valence-corrected chi connectivity index (χ1v) is 12.3. The zero-order valence-corrected chi connectivity index (χ0v) is 22.2. The zero-order valence-electron chi connectivity index (χ0n) is 22.2. The van der Waals surface area contributed by atoms with Crippen molar-refractivity contribution in [2.75, 3.05) is 19.7 Å². The Labute approximate surface area is 231 Å². The van der Waals surface area contributed by atoms with E-state index < -0.39 is 17.8 Å². The number of nitrogens with one attached hydrogen (secondary N) is 2. The number of nitrogens with two attached hydrogens (primary N) is 4. The highest BCUT2D eigenvalue weighted by Crippen LogP contribution is 2.21. The predicted octanol–water partition coefficient (Wildman–Crippen LogP) is 1.36. The summed E-state index contributed by atoms with van der Waals surface area (Å²) in [5, 5.41) is 17.4. The Bertz CT molecular complexity index is 1350. The molecule has 12 N–H and O–H groups in total. The first-order chi connectivity index (χ1) is 19.1. The lowest BCUT2D eigenvalue weighted by molar-refractivity contribution is -0.131. The van der Waals surface area contributed by atoms with Gasteiger partial charge < -0.3 is 43.1 Å². The van der Waals surface area contributed by atoms with Gasteiger partial charge in [-0.15, -0.1) is 0 Å². The van der Waals surface area contributed by atoms with Gasteiger partial charge in [0.2, 0.25) is 11.8 Å². The number of hydrogen-bond donors (Lipinski definition) is 8. The van der Waals surface area contributed by atoms with Crippen molar-refractivity contribution >= 4 is 45.9 Å². The standard InChI is InChI=1S/2C11H13N3O.C4H4O3.C2H6O/c2*12-4-3-8-6-14-10-2-1-7(11(13)15)5-9(8)10;5-3-1-2-4(6)7;1-2-3/h2*1-2,5-6,14H,3-4,12H2,(H2,13,15);1-3H,(H,6,7);3H,2H2,1H3/b;;2-1+;. The molecule has 0 unspecified atom stereocenters. The minimum absolute atomic E-state index is 0.250. The number of fused-ring (bicyclic) bond motifs is 2. The molecule has 214 valence electrons. The average molecular weight is 553 g/mol. The topological polar surface area (TPSA) is 244 Å². The van der Waals surface area contributed by atoms with Crippen LogP contribution in [0.3, 0.4) is 0 Å². The number of aromatic nitrogens is 2. The van der Waals surface area contributed by atoms with E-state index in [9.17, 15) is 19.2 Å². The molecule has 2 aromatic carbocycles. The molecule has 0 saturated carbocycles. The molecule has 40 heavy (non-hydrogen) atoms. The SMILES string of the molecule is CCO.NCCc1c[nH]c2ccc(C(N)=O)cc12.NCCc1c[nH]c2ccc(C(N)=O)cc12.O=C/C=C/C(=O)O. The van der Waals surface area contributed by atoms with Gasteiger partial charge in [-0.25, -0.2) is 4.79 Å². The molecule has 2 heterocycles. The number of amides is 2. The number of hydrogen-bond acceptors (Lipinski definition) is 7. The van der Waals surface area contributed by atoms with Crippen LogP contribution in [0.15, 0.2) is 60.9 Å². The molecule has 0 aliphatic rings. The molecule has 4 rings (SSSR count). The minimum atomic E-state index is -1.10. The van der Waals surface area contributed by atoms with E-state index in [2.05, 4.69) is 9.97 Å². The number of carboxylic acids is 1. The fraction of sp³-hybridized carbons (Fsp3) is 0.214. The quantitative estimate of drug-likeness (QED) is 0.117. The van der Waals surface area contributed by atoms with Crippen molar-refractivity contribution < 1.29 is 29.4 Å². The summed E-state index contributed by atoms with van der Waals surface area (Å²) in [6.45, 7) is 3.11. The number of primary amides is 2. The Balaban J connectivity index is 0.000000303. The van der Waals surface area contributed by atoms with E-state index in [1.807, 2.05) is 24.5 Å². The van der Waals surface area contributed by atoms with Gasteiger partial charge in [-0.05, 0) is 86.5 Å². The number of H-pyrrole nitrogens is 2. The van der Waals surface area contributed by atoms with Crippen molar-refractivity contribution in [2.45, 2.75) is 19.8 Å². The minimum Gasteiger partial charge on any atom is -0.478 e. The summed E-state index contributed by atoms with van der Waals surface area (Å²) in [7, 11) is 0. The number of aliphatic hydroxyl groups is 1. The molecular weight excluding hydrogens is 516 g/mol. The summed E-state index contributed by atoms with van der Waals surface area (Å²) >= 11 is 0. The van der Waals surface area contributed by atoms with E-state index in [0.717, 1.165) is 57.9 Å². The van der Waals surface area contributed by atoms with E-state index in [1.165, 1.54) is 0 Å². The molecular formula is C28H36N6O6. The first kappa shape index (κ1) is 33.2. The van der Waals surface area contributed by atoms with Crippen LogP contribution in [-0.4, -0.2) is 63.9 Å². The second-order valence-corrected chi connectivity index (χ2v) is 8.10. The number of carbonyl (C=O) groups is 4. The average Bonchev–Trinajstić information content (AvgIpc) is 3.52. The lowest BCUT2D eigenvalue weighted by atomic mass is 10.1. The summed E-state index contributed by atoms with van der Waals surface area (Å²) in [6, 6.07) is 10.8. The third-order valence-corrected chi connectivity index (χ3v) is 5.25. The van der Waals surface area contributed by atoms with E-state index >= 15 is 0 Å². The number of benzene rings is 2. The van der Waals surface area contributed by atoms with Gasteiger partial charge >= 0.3 is 5.97 Å². The second-order valence-electron chi connectivity index (χ2n) is 8.10. The summed E-state index contributed by atoms with van der Waals surface area (Å²) in [5.41, 5.74) is 26.8. The lowest BCUT2D eigenvalue weighted by Gasteiger charge is -1.98. The van der Waals surface area contributed by atoms with Gasteiger partial charge in [-0.1, -0.05) is 0 Å². The second kappa shape index (κ2) is 17.7. The molecule has 0 aliphatic heterocycles. The number of aldehydes is 1. The normalized spacial score (nSPS) is 10.1. The van der Waals surface area contributed by atoms with Crippen molar-refractivity contribution in [1.82, 2.24) is 9.97 Å².